The summed E-state index contributed by atoms with van der Waals surface area (Å²) in [6.45, 7) is 2.52. The van der Waals surface area contributed by atoms with Crippen LogP contribution in [0.4, 0.5) is 5.69 Å². The first-order valence-corrected chi connectivity index (χ1v) is 11.3. The molecule has 0 radical (unpaired) electrons. The van der Waals surface area contributed by atoms with Gasteiger partial charge in [0.05, 0.1) is 12.3 Å². The van der Waals surface area contributed by atoms with Gasteiger partial charge in [-0.05, 0) is 60.2 Å². The molecule has 156 valence electrons. The highest BCUT2D eigenvalue weighted by atomic mass is 32.2. The molecule has 4 aromatic rings. The molecule has 0 amide bonds. The summed E-state index contributed by atoms with van der Waals surface area (Å²) >= 11 is 0. The lowest BCUT2D eigenvalue weighted by Gasteiger charge is -2.12. The van der Waals surface area contributed by atoms with E-state index < -0.39 is 10.1 Å². The number of hydrogen-bond donors (Lipinski definition) is 0. The van der Waals surface area contributed by atoms with Crippen LogP contribution in [0.1, 0.15) is 12.5 Å². The predicted octanol–water partition coefficient (Wildman–Crippen LogP) is 5.76. The Kier molecular flexibility index (Phi) is 6.00. The molecule has 0 unspecified atom stereocenters. The molecule has 4 aromatic carbocycles. The molecular weight excluding hydrogens is 410 g/mol. The number of aliphatic imine (C=N–C) groups is 1. The summed E-state index contributed by atoms with van der Waals surface area (Å²) in [7, 11) is -3.98. The molecule has 0 aliphatic heterocycles. The van der Waals surface area contributed by atoms with Gasteiger partial charge in [-0.3, -0.25) is 4.99 Å². The first-order chi connectivity index (χ1) is 15.1. The van der Waals surface area contributed by atoms with Gasteiger partial charge >= 0.3 is 10.1 Å². The molecule has 0 atom stereocenters. The van der Waals surface area contributed by atoms with Crippen molar-refractivity contribution in [1.82, 2.24) is 0 Å². The molecule has 0 aromatic heterocycles. The SMILES string of the molecule is CCOc1ccc(N=Cc2c(OS(=O)(=O)c3ccccc3)ccc3ccccc23)cc1. The van der Waals surface area contributed by atoms with Crippen molar-refractivity contribution < 1.29 is 17.3 Å². The average Bonchev–Trinajstić information content (AvgIpc) is 2.80. The minimum Gasteiger partial charge on any atom is -0.494 e. The van der Waals surface area contributed by atoms with Gasteiger partial charge in [-0.2, -0.15) is 8.42 Å². The largest absolute Gasteiger partial charge is 0.494 e. The van der Waals surface area contributed by atoms with Crippen LogP contribution in [-0.4, -0.2) is 21.2 Å². The summed E-state index contributed by atoms with van der Waals surface area (Å²) in [6, 6.07) is 26.6. The second-order valence-electron chi connectivity index (χ2n) is 6.73. The lowest BCUT2D eigenvalue weighted by Crippen LogP contribution is -2.11. The summed E-state index contributed by atoms with van der Waals surface area (Å²) in [5.74, 6) is 0.988. The first kappa shape index (κ1) is 20.6. The van der Waals surface area contributed by atoms with Crippen molar-refractivity contribution in [3.63, 3.8) is 0 Å². The van der Waals surface area contributed by atoms with Crippen LogP contribution in [-0.2, 0) is 10.1 Å². The zero-order chi connectivity index (χ0) is 21.7. The van der Waals surface area contributed by atoms with E-state index in [9.17, 15) is 8.42 Å². The molecule has 0 saturated carbocycles. The van der Waals surface area contributed by atoms with E-state index in [1.165, 1.54) is 12.1 Å². The van der Waals surface area contributed by atoms with Gasteiger partial charge in [0.25, 0.3) is 0 Å². The van der Waals surface area contributed by atoms with Crippen molar-refractivity contribution in [2.24, 2.45) is 4.99 Å². The molecule has 0 spiro atoms. The standard InChI is InChI=1S/C25H21NO4S/c1-2-29-21-15-13-20(14-16-21)26-18-24-23-11-7-6-8-19(23)12-17-25(24)30-31(27,28)22-9-4-3-5-10-22/h3-18H,2H2,1H3. The lowest BCUT2D eigenvalue weighted by atomic mass is 10.0. The smallest absolute Gasteiger partial charge is 0.339 e. The molecule has 5 nitrogen and oxygen atoms in total. The molecule has 0 aliphatic carbocycles. The molecular formula is C25H21NO4S. The number of fused-ring (bicyclic) bond motifs is 1. The molecule has 0 heterocycles. The monoisotopic (exact) mass is 431 g/mol. The van der Waals surface area contributed by atoms with E-state index in [4.69, 9.17) is 8.92 Å². The van der Waals surface area contributed by atoms with Crippen LogP contribution >= 0.6 is 0 Å². The average molecular weight is 432 g/mol. The Balaban J connectivity index is 1.74. The Labute approximate surface area is 181 Å². The van der Waals surface area contributed by atoms with Crippen molar-refractivity contribution in [3.8, 4) is 11.5 Å². The van der Waals surface area contributed by atoms with Crippen molar-refractivity contribution in [1.29, 1.82) is 0 Å². The maximum absolute atomic E-state index is 12.8. The number of rotatable bonds is 7. The van der Waals surface area contributed by atoms with E-state index in [0.29, 0.717) is 17.9 Å². The van der Waals surface area contributed by atoms with E-state index in [1.54, 1.807) is 30.5 Å². The molecule has 6 heteroatoms. The molecule has 4 rings (SSSR count). The van der Waals surface area contributed by atoms with Gasteiger partial charge < -0.3 is 8.92 Å². The fourth-order valence-corrected chi connectivity index (χ4v) is 4.14. The Bertz CT molecular complexity index is 1320. The van der Waals surface area contributed by atoms with Crippen LogP contribution in [0.15, 0.2) is 101 Å². The van der Waals surface area contributed by atoms with E-state index in [2.05, 4.69) is 4.99 Å². The molecule has 0 aliphatic rings. The maximum atomic E-state index is 12.8. The fraction of sp³-hybridized carbons (Fsp3) is 0.0800. The minimum atomic E-state index is -3.98. The van der Waals surface area contributed by atoms with Crippen molar-refractivity contribution in [3.05, 3.63) is 96.6 Å². The van der Waals surface area contributed by atoms with E-state index in [0.717, 1.165) is 16.5 Å². The van der Waals surface area contributed by atoms with E-state index in [1.807, 2.05) is 61.5 Å². The summed E-state index contributed by atoms with van der Waals surface area (Å²) < 4.78 is 36.6. The summed E-state index contributed by atoms with van der Waals surface area (Å²) in [4.78, 5) is 4.63. The maximum Gasteiger partial charge on any atom is 0.339 e. The number of ether oxygens (including phenoxy) is 1. The molecule has 0 N–H and O–H groups in total. The van der Waals surface area contributed by atoms with Gasteiger partial charge in [-0.15, -0.1) is 0 Å². The van der Waals surface area contributed by atoms with Crippen molar-refractivity contribution in [2.45, 2.75) is 11.8 Å². The summed E-state index contributed by atoms with van der Waals surface area (Å²) in [5.41, 5.74) is 1.31. The third-order valence-electron chi connectivity index (χ3n) is 4.65. The van der Waals surface area contributed by atoms with Crippen molar-refractivity contribution in [2.75, 3.05) is 6.61 Å². The Morgan fingerprint density at radius 2 is 1.55 bits per heavy atom. The lowest BCUT2D eigenvalue weighted by molar-refractivity contribution is 0.340. The second kappa shape index (κ2) is 9.02. The number of hydrogen-bond acceptors (Lipinski definition) is 5. The first-order valence-electron chi connectivity index (χ1n) is 9.85. The summed E-state index contributed by atoms with van der Waals surface area (Å²) in [5, 5.41) is 1.80. The third-order valence-corrected chi connectivity index (χ3v) is 5.90. The van der Waals surface area contributed by atoms with Gasteiger partial charge in [0.2, 0.25) is 0 Å². The van der Waals surface area contributed by atoms with Gasteiger partial charge in [-0.25, -0.2) is 0 Å². The Morgan fingerprint density at radius 1 is 0.839 bits per heavy atom. The highest BCUT2D eigenvalue weighted by molar-refractivity contribution is 7.87. The van der Waals surface area contributed by atoms with Gasteiger partial charge in [0.15, 0.2) is 5.75 Å². The summed E-state index contributed by atoms with van der Waals surface area (Å²) in [6.07, 6.45) is 1.63. The highest BCUT2D eigenvalue weighted by Gasteiger charge is 2.19. The Morgan fingerprint density at radius 3 is 2.29 bits per heavy atom. The van der Waals surface area contributed by atoms with Gasteiger partial charge in [0.1, 0.15) is 10.6 Å². The fourth-order valence-electron chi connectivity index (χ4n) is 3.17. The van der Waals surface area contributed by atoms with Crippen LogP contribution < -0.4 is 8.92 Å². The topological polar surface area (TPSA) is 65.0 Å². The van der Waals surface area contributed by atoms with Crippen LogP contribution in [0.2, 0.25) is 0 Å². The normalized spacial score (nSPS) is 11.6. The third kappa shape index (κ3) is 4.75. The van der Waals surface area contributed by atoms with Crippen molar-refractivity contribution >= 4 is 32.8 Å². The zero-order valence-corrected chi connectivity index (χ0v) is 17.7. The predicted molar refractivity (Wildman–Crippen MR) is 123 cm³/mol. The Hall–Kier alpha value is -3.64. The van der Waals surface area contributed by atoms with Crippen LogP contribution in [0, 0.1) is 0 Å². The second-order valence-corrected chi connectivity index (χ2v) is 8.28. The molecule has 0 fully saturated rings. The number of benzene rings is 4. The molecule has 0 bridgehead atoms. The van der Waals surface area contributed by atoms with Crippen LogP contribution in [0.25, 0.3) is 10.8 Å². The highest BCUT2D eigenvalue weighted by Crippen LogP contribution is 2.30. The zero-order valence-electron chi connectivity index (χ0n) is 16.9. The van der Waals surface area contributed by atoms with Crippen LogP contribution in [0.3, 0.4) is 0 Å². The van der Waals surface area contributed by atoms with E-state index in [-0.39, 0.29) is 10.6 Å². The molecule has 0 saturated heterocycles. The molecule has 31 heavy (non-hydrogen) atoms. The minimum absolute atomic E-state index is 0.0950. The van der Waals surface area contributed by atoms with E-state index >= 15 is 0 Å². The quantitative estimate of drug-likeness (QED) is 0.276. The number of nitrogens with zero attached hydrogens (tertiary/aromatic N) is 1. The van der Waals surface area contributed by atoms with Gasteiger partial charge in [0, 0.05) is 11.8 Å². The van der Waals surface area contributed by atoms with Gasteiger partial charge in [-0.1, -0.05) is 48.5 Å². The van der Waals surface area contributed by atoms with Crippen LogP contribution in [0.5, 0.6) is 11.5 Å².